The van der Waals surface area contributed by atoms with Crippen LogP contribution in [0, 0.1) is 13.8 Å². The van der Waals surface area contributed by atoms with Crippen LogP contribution in [-0.4, -0.2) is 21.1 Å². The average molecular weight is 245 g/mol. The Bertz CT molecular complexity index is 555. The third-order valence-electron chi connectivity index (χ3n) is 2.52. The molecule has 4 N–H and O–H groups in total. The number of aromatic nitrogens is 3. The van der Waals surface area contributed by atoms with Crippen molar-refractivity contribution >= 4 is 11.7 Å². The number of aryl methyl sites for hydroxylation is 2. The number of nitrogens with zero attached hydrogens (tertiary/aromatic N) is 2. The van der Waals surface area contributed by atoms with Crippen LogP contribution in [-0.2, 0) is 6.54 Å². The fourth-order valence-corrected chi connectivity index (χ4v) is 1.69. The first kappa shape index (κ1) is 12.1. The summed E-state index contributed by atoms with van der Waals surface area (Å²) in [6, 6.07) is 3.67. The van der Waals surface area contributed by atoms with E-state index in [1.165, 1.54) is 0 Å². The lowest BCUT2D eigenvalue weighted by atomic mass is 10.2. The minimum Gasteiger partial charge on any atom is -0.384 e. The van der Waals surface area contributed by atoms with Crippen LogP contribution in [0.15, 0.2) is 18.3 Å². The Morgan fingerprint density at radius 2 is 2.22 bits per heavy atom. The van der Waals surface area contributed by atoms with E-state index in [0.717, 1.165) is 16.8 Å². The monoisotopic (exact) mass is 245 g/mol. The zero-order valence-electron chi connectivity index (χ0n) is 10.3. The molecule has 0 fully saturated rings. The van der Waals surface area contributed by atoms with Crippen LogP contribution in [0.4, 0.5) is 5.82 Å². The Morgan fingerprint density at radius 1 is 1.44 bits per heavy atom. The number of nitrogens with one attached hydrogen (secondary N) is 2. The Kier molecular flexibility index (Phi) is 3.27. The summed E-state index contributed by atoms with van der Waals surface area (Å²) >= 11 is 0. The molecule has 0 saturated carbocycles. The molecular formula is C12H15N5O. The fourth-order valence-electron chi connectivity index (χ4n) is 1.69. The second-order valence-electron chi connectivity index (χ2n) is 4.16. The molecule has 0 radical (unpaired) electrons. The molecule has 18 heavy (non-hydrogen) atoms. The molecule has 94 valence electrons. The van der Waals surface area contributed by atoms with Gasteiger partial charge in [0.2, 0.25) is 0 Å². The zero-order chi connectivity index (χ0) is 13.1. The third kappa shape index (κ3) is 2.65. The zero-order valence-corrected chi connectivity index (χ0v) is 10.3. The van der Waals surface area contributed by atoms with Crippen molar-refractivity contribution in [1.82, 2.24) is 20.5 Å². The molecule has 1 amide bonds. The number of nitrogen functional groups attached to an aromatic ring is 1. The molecule has 6 nitrogen and oxygen atoms in total. The minimum atomic E-state index is -0.220. The molecule has 0 saturated heterocycles. The van der Waals surface area contributed by atoms with Crippen LogP contribution in [0.3, 0.4) is 0 Å². The number of amides is 1. The number of hydrogen-bond acceptors (Lipinski definition) is 4. The van der Waals surface area contributed by atoms with Gasteiger partial charge in [-0.15, -0.1) is 0 Å². The standard InChI is InChI=1S/C12H15N5O/c1-7-3-8(2)16-10(4-7)12(18)14-5-9-6-15-17-11(9)13/h3-4,6H,5H2,1-2H3,(H,14,18)(H3,13,15,17). The first-order chi connectivity index (χ1) is 8.56. The molecule has 2 aromatic rings. The van der Waals surface area contributed by atoms with Gasteiger partial charge in [-0.3, -0.25) is 9.89 Å². The summed E-state index contributed by atoms with van der Waals surface area (Å²) in [6.45, 7) is 4.12. The van der Waals surface area contributed by atoms with Crippen LogP contribution < -0.4 is 11.1 Å². The van der Waals surface area contributed by atoms with Gasteiger partial charge in [-0.05, 0) is 31.5 Å². The van der Waals surface area contributed by atoms with E-state index >= 15 is 0 Å². The van der Waals surface area contributed by atoms with E-state index in [-0.39, 0.29) is 5.91 Å². The number of H-pyrrole nitrogens is 1. The highest BCUT2D eigenvalue weighted by atomic mass is 16.1. The van der Waals surface area contributed by atoms with Gasteiger partial charge < -0.3 is 11.1 Å². The quantitative estimate of drug-likeness (QED) is 0.749. The van der Waals surface area contributed by atoms with Crippen LogP contribution in [0.25, 0.3) is 0 Å². The SMILES string of the molecule is Cc1cc(C)nc(C(=O)NCc2cn[nH]c2N)c1. The Balaban J connectivity index is 2.06. The fraction of sp³-hybridized carbons (Fsp3) is 0.250. The van der Waals surface area contributed by atoms with E-state index in [4.69, 9.17) is 5.73 Å². The molecule has 0 atom stereocenters. The molecule has 0 spiro atoms. The van der Waals surface area contributed by atoms with Gasteiger partial charge in [0.1, 0.15) is 11.5 Å². The van der Waals surface area contributed by atoms with Gasteiger partial charge in [0.25, 0.3) is 5.91 Å². The average Bonchev–Trinajstić information content (AvgIpc) is 2.70. The second kappa shape index (κ2) is 4.87. The number of anilines is 1. The predicted octanol–water partition coefficient (Wildman–Crippen LogP) is 0.934. The van der Waals surface area contributed by atoms with E-state index in [2.05, 4.69) is 20.5 Å². The molecule has 2 heterocycles. The van der Waals surface area contributed by atoms with Gasteiger partial charge in [0.15, 0.2) is 0 Å². The highest BCUT2D eigenvalue weighted by Crippen LogP contribution is 2.07. The van der Waals surface area contributed by atoms with Gasteiger partial charge in [0.05, 0.1) is 6.20 Å². The maximum absolute atomic E-state index is 11.9. The summed E-state index contributed by atoms with van der Waals surface area (Å²) in [5.74, 6) is 0.242. The van der Waals surface area contributed by atoms with Gasteiger partial charge in [-0.25, -0.2) is 4.98 Å². The van der Waals surface area contributed by atoms with E-state index < -0.39 is 0 Å². The Hall–Kier alpha value is -2.37. The number of pyridine rings is 1. The molecule has 6 heteroatoms. The minimum absolute atomic E-state index is 0.220. The van der Waals surface area contributed by atoms with E-state index in [1.54, 1.807) is 12.3 Å². The predicted molar refractivity (Wildman–Crippen MR) is 67.9 cm³/mol. The molecule has 0 aliphatic rings. The number of rotatable bonds is 3. The van der Waals surface area contributed by atoms with Crippen molar-refractivity contribution in [2.75, 3.05) is 5.73 Å². The highest BCUT2D eigenvalue weighted by Gasteiger charge is 2.09. The molecule has 0 bridgehead atoms. The molecule has 0 unspecified atom stereocenters. The third-order valence-corrected chi connectivity index (χ3v) is 2.52. The molecule has 0 aliphatic carbocycles. The van der Waals surface area contributed by atoms with Crippen molar-refractivity contribution in [3.05, 3.63) is 40.8 Å². The molecular weight excluding hydrogens is 230 g/mol. The van der Waals surface area contributed by atoms with Gasteiger partial charge in [-0.1, -0.05) is 0 Å². The van der Waals surface area contributed by atoms with Crippen molar-refractivity contribution in [2.24, 2.45) is 0 Å². The normalized spacial score (nSPS) is 10.3. The lowest BCUT2D eigenvalue weighted by molar-refractivity contribution is 0.0945. The summed E-state index contributed by atoms with van der Waals surface area (Å²) in [7, 11) is 0. The molecule has 2 rings (SSSR count). The van der Waals surface area contributed by atoms with Crippen LogP contribution in [0.2, 0.25) is 0 Å². The number of nitrogens with two attached hydrogens (primary N) is 1. The summed E-state index contributed by atoms with van der Waals surface area (Å²) < 4.78 is 0. The topological polar surface area (TPSA) is 96.7 Å². The first-order valence-corrected chi connectivity index (χ1v) is 5.57. The molecule has 0 aliphatic heterocycles. The van der Waals surface area contributed by atoms with Crippen molar-refractivity contribution in [3.63, 3.8) is 0 Å². The first-order valence-electron chi connectivity index (χ1n) is 5.57. The summed E-state index contributed by atoms with van der Waals surface area (Å²) in [5, 5.41) is 9.15. The number of carbonyl (C=O) groups excluding carboxylic acids is 1. The molecule has 0 aromatic carbocycles. The maximum atomic E-state index is 11.9. The van der Waals surface area contributed by atoms with Crippen molar-refractivity contribution < 1.29 is 4.79 Å². The number of aromatic amines is 1. The Morgan fingerprint density at radius 3 is 2.83 bits per heavy atom. The summed E-state index contributed by atoms with van der Waals surface area (Å²) in [6.07, 6.45) is 1.59. The van der Waals surface area contributed by atoms with Crippen LogP contribution in [0.5, 0.6) is 0 Å². The lowest BCUT2D eigenvalue weighted by Gasteiger charge is -2.05. The van der Waals surface area contributed by atoms with Gasteiger partial charge in [-0.2, -0.15) is 5.10 Å². The smallest absolute Gasteiger partial charge is 0.270 e. The number of hydrogen-bond donors (Lipinski definition) is 3. The van der Waals surface area contributed by atoms with Crippen molar-refractivity contribution in [3.8, 4) is 0 Å². The van der Waals surface area contributed by atoms with Gasteiger partial charge >= 0.3 is 0 Å². The van der Waals surface area contributed by atoms with Crippen molar-refractivity contribution in [1.29, 1.82) is 0 Å². The number of carbonyl (C=O) groups is 1. The Labute approximate surface area is 105 Å². The maximum Gasteiger partial charge on any atom is 0.270 e. The van der Waals surface area contributed by atoms with Crippen LogP contribution >= 0.6 is 0 Å². The summed E-state index contributed by atoms with van der Waals surface area (Å²) in [5.41, 5.74) is 8.63. The van der Waals surface area contributed by atoms with Crippen LogP contribution in [0.1, 0.15) is 27.3 Å². The largest absolute Gasteiger partial charge is 0.384 e. The second-order valence-corrected chi connectivity index (χ2v) is 4.16. The summed E-state index contributed by atoms with van der Waals surface area (Å²) in [4.78, 5) is 16.1. The van der Waals surface area contributed by atoms with E-state index in [9.17, 15) is 4.79 Å². The van der Waals surface area contributed by atoms with Crippen molar-refractivity contribution in [2.45, 2.75) is 20.4 Å². The van der Waals surface area contributed by atoms with Gasteiger partial charge in [0, 0.05) is 17.8 Å². The highest BCUT2D eigenvalue weighted by molar-refractivity contribution is 5.92. The molecule has 2 aromatic heterocycles. The van der Waals surface area contributed by atoms with E-state index in [0.29, 0.717) is 18.1 Å². The van der Waals surface area contributed by atoms with E-state index in [1.807, 2.05) is 19.9 Å². The lowest BCUT2D eigenvalue weighted by Crippen LogP contribution is -2.24.